The van der Waals surface area contributed by atoms with Gasteiger partial charge in [0.1, 0.15) is 0 Å². The van der Waals surface area contributed by atoms with Crippen molar-refractivity contribution in [3.05, 3.63) is 23.8 Å². The van der Waals surface area contributed by atoms with E-state index in [2.05, 4.69) is 24.5 Å². The van der Waals surface area contributed by atoms with E-state index < -0.39 is 0 Å². The first-order valence-electron chi connectivity index (χ1n) is 9.03. The third-order valence-corrected chi connectivity index (χ3v) is 4.89. The summed E-state index contributed by atoms with van der Waals surface area (Å²) in [6.07, 6.45) is 5.70. The van der Waals surface area contributed by atoms with Crippen molar-refractivity contribution in [2.45, 2.75) is 58.4 Å². The highest BCUT2D eigenvalue weighted by Crippen LogP contribution is 2.27. The van der Waals surface area contributed by atoms with Crippen molar-refractivity contribution in [1.29, 1.82) is 0 Å². The quantitative estimate of drug-likeness (QED) is 0.880. The topological polar surface area (TPSA) is 61.4 Å². The van der Waals surface area contributed by atoms with Crippen molar-refractivity contribution in [3.8, 4) is 0 Å². The molecule has 5 nitrogen and oxygen atoms in total. The van der Waals surface area contributed by atoms with Crippen LogP contribution in [0.1, 0.15) is 51.5 Å². The predicted octanol–water partition coefficient (Wildman–Crippen LogP) is 4.00. The molecule has 0 bridgehead atoms. The predicted molar refractivity (Wildman–Crippen MR) is 96.2 cm³/mol. The molecule has 0 spiro atoms. The van der Waals surface area contributed by atoms with E-state index in [1.54, 1.807) is 0 Å². The summed E-state index contributed by atoms with van der Waals surface area (Å²) in [7, 11) is 0. The zero-order chi connectivity index (χ0) is 17.1. The Morgan fingerprint density at radius 3 is 2.96 bits per heavy atom. The lowest BCUT2D eigenvalue weighted by molar-refractivity contribution is -0.116. The Hall–Kier alpha value is -2.04. The second kappa shape index (κ2) is 7.24. The Kier molecular flexibility index (Phi) is 5.07. The summed E-state index contributed by atoms with van der Waals surface area (Å²) in [6, 6.07) is 6.09. The normalized spacial score (nSPS) is 20.5. The van der Waals surface area contributed by atoms with Gasteiger partial charge >= 0.3 is 6.03 Å². The Morgan fingerprint density at radius 1 is 1.33 bits per heavy atom. The molecule has 1 atom stereocenters. The van der Waals surface area contributed by atoms with Gasteiger partial charge in [-0.15, -0.1) is 0 Å². The van der Waals surface area contributed by atoms with Crippen LogP contribution in [0.3, 0.4) is 0 Å². The SMILES string of the molecule is CC(C)CC1CCCCN1C(=O)Nc1ccc2c(c1)NC(=O)CC2. The minimum Gasteiger partial charge on any atom is -0.326 e. The summed E-state index contributed by atoms with van der Waals surface area (Å²) in [5.74, 6) is 0.626. The number of carbonyl (C=O) groups excluding carboxylic acids is 2. The number of benzene rings is 1. The Labute approximate surface area is 143 Å². The number of amides is 3. The van der Waals surface area contributed by atoms with Gasteiger partial charge in [0, 0.05) is 30.4 Å². The van der Waals surface area contributed by atoms with Crippen molar-refractivity contribution < 1.29 is 9.59 Å². The molecular weight excluding hydrogens is 302 g/mol. The molecule has 2 aliphatic heterocycles. The summed E-state index contributed by atoms with van der Waals surface area (Å²) >= 11 is 0. The van der Waals surface area contributed by atoms with E-state index in [0.717, 1.165) is 49.2 Å². The standard InChI is InChI=1S/C19H27N3O2/c1-13(2)11-16-5-3-4-10-22(16)19(24)20-15-8-6-14-7-9-18(23)21-17(14)12-15/h6,8,12-13,16H,3-5,7,9-11H2,1-2H3,(H,20,24)(H,21,23). The molecule has 2 aliphatic rings. The number of anilines is 2. The largest absolute Gasteiger partial charge is 0.326 e. The third kappa shape index (κ3) is 3.89. The molecule has 24 heavy (non-hydrogen) atoms. The average molecular weight is 329 g/mol. The van der Waals surface area contributed by atoms with Crippen LogP contribution in [-0.2, 0) is 11.2 Å². The minimum atomic E-state index is -0.0255. The molecule has 1 unspecified atom stereocenters. The molecule has 130 valence electrons. The Balaban J connectivity index is 1.69. The van der Waals surface area contributed by atoms with Crippen molar-refractivity contribution >= 4 is 23.3 Å². The van der Waals surface area contributed by atoms with Gasteiger partial charge in [-0.1, -0.05) is 19.9 Å². The molecule has 1 saturated heterocycles. The molecule has 2 N–H and O–H groups in total. The molecule has 0 aromatic heterocycles. The lowest BCUT2D eigenvalue weighted by Gasteiger charge is -2.36. The summed E-state index contributed by atoms with van der Waals surface area (Å²) in [5.41, 5.74) is 2.69. The highest BCUT2D eigenvalue weighted by atomic mass is 16.2. The maximum absolute atomic E-state index is 12.7. The highest BCUT2D eigenvalue weighted by Gasteiger charge is 2.27. The van der Waals surface area contributed by atoms with Crippen LogP contribution in [0.4, 0.5) is 16.2 Å². The van der Waals surface area contributed by atoms with Gasteiger partial charge in [-0.05, 0) is 55.7 Å². The van der Waals surface area contributed by atoms with Gasteiger partial charge in [-0.3, -0.25) is 4.79 Å². The molecule has 1 aromatic carbocycles. The van der Waals surface area contributed by atoms with Gasteiger partial charge in [-0.2, -0.15) is 0 Å². The first-order chi connectivity index (χ1) is 11.5. The number of nitrogens with one attached hydrogen (secondary N) is 2. The highest BCUT2D eigenvalue weighted by molar-refractivity contribution is 5.96. The van der Waals surface area contributed by atoms with E-state index in [4.69, 9.17) is 0 Å². The molecule has 0 saturated carbocycles. The summed E-state index contributed by atoms with van der Waals surface area (Å²) in [6.45, 7) is 5.23. The fraction of sp³-hybridized carbons (Fsp3) is 0.579. The molecule has 0 radical (unpaired) electrons. The summed E-state index contributed by atoms with van der Waals surface area (Å²) in [5, 5.41) is 5.90. The van der Waals surface area contributed by atoms with E-state index in [1.807, 2.05) is 23.1 Å². The van der Waals surface area contributed by atoms with Gasteiger partial charge in [0.15, 0.2) is 0 Å². The number of nitrogens with zero attached hydrogens (tertiary/aromatic N) is 1. The Bertz CT molecular complexity index is 627. The van der Waals surface area contributed by atoms with Crippen LogP contribution in [0, 0.1) is 5.92 Å². The zero-order valence-corrected chi connectivity index (χ0v) is 14.6. The number of hydrogen-bond acceptors (Lipinski definition) is 2. The van der Waals surface area contributed by atoms with Crippen LogP contribution in [0.25, 0.3) is 0 Å². The first kappa shape index (κ1) is 16.8. The van der Waals surface area contributed by atoms with E-state index in [0.29, 0.717) is 18.4 Å². The fourth-order valence-corrected chi connectivity index (χ4v) is 3.70. The number of fused-ring (bicyclic) bond motifs is 1. The van der Waals surface area contributed by atoms with Crippen molar-refractivity contribution in [2.75, 3.05) is 17.2 Å². The number of carbonyl (C=O) groups is 2. The molecule has 1 fully saturated rings. The smallest absolute Gasteiger partial charge is 0.322 e. The second-order valence-corrected chi connectivity index (χ2v) is 7.32. The minimum absolute atomic E-state index is 0.0255. The summed E-state index contributed by atoms with van der Waals surface area (Å²) in [4.78, 5) is 26.3. The van der Waals surface area contributed by atoms with Crippen molar-refractivity contribution in [2.24, 2.45) is 5.92 Å². The molecule has 1 aromatic rings. The molecule has 5 heteroatoms. The lowest BCUT2D eigenvalue weighted by atomic mass is 9.94. The zero-order valence-electron chi connectivity index (χ0n) is 14.6. The van der Waals surface area contributed by atoms with E-state index >= 15 is 0 Å². The molecule has 3 amide bonds. The molecular formula is C19H27N3O2. The number of piperidine rings is 1. The number of urea groups is 1. The summed E-state index contributed by atoms with van der Waals surface area (Å²) < 4.78 is 0. The van der Waals surface area contributed by atoms with E-state index in [1.165, 1.54) is 6.42 Å². The van der Waals surface area contributed by atoms with Gasteiger partial charge in [0.25, 0.3) is 0 Å². The maximum Gasteiger partial charge on any atom is 0.322 e. The fourth-order valence-electron chi connectivity index (χ4n) is 3.70. The van der Waals surface area contributed by atoms with Gasteiger partial charge in [0.05, 0.1) is 0 Å². The van der Waals surface area contributed by atoms with Crippen LogP contribution in [0.15, 0.2) is 18.2 Å². The molecule has 3 rings (SSSR count). The van der Waals surface area contributed by atoms with Crippen molar-refractivity contribution in [1.82, 2.24) is 4.90 Å². The lowest BCUT2D eigenvalue weighted by Crippen LogP contribution is -2.46. The molecule has 0 aliphatic carbocycles. The van der Waals surface area contributed by atoms with Gasteiger partial charge < -0.3 is 15.5 Å². The maximum atomic E-state index is 12.7. The number of rotatable bonds is 3. The van der Waals surface area contributed by atoms with Gasteiger partial charge in [0.2, 0.25) is 5.91 Å². The Morgan fingerprint density at radius 2 is 2.17 bits per heavy atom. The van der Waals surface area contributed by atoms with E-state index in [9.17, 15) is 9.59 Å². The first-order valence-corrected chi connectivity index (χ1v) is 9.03. The van der Waals surface area contributed by atoms with Crippen LogP contribution in [0.5, 0.6) is 0 Å². The van der Waals surface area contributed by atoms with Crippen LogP contribution < -0.4 is 10.6 Å². The van der Waals surface area contributed by atoms with E-state index in [-0.39, 0.29) is 11.9 Å². The van der Waals surface area contributed by atoms with Crippen LogP contribution in [-0.4, -0.2) is 29.4 Å². The van der Waals surface area contributed by atoms with Crippen molar-refractivity contribution in [3.63, 3.8) is 0 Å². The monoisotopic (exact) mass is 329 g/mol. The van der Waals surface area contributed by atoms with Gasteiger partial charge in [-0.25, -0.2) is 4.79 Å². The number of likely N-dealkylation sites (tertiary alicyclic amines) is 1. The third-order valence-electron chi connectivity index (χ3n) is 4.89. The number of aryl methyl sites for hydroxylation is 1. The molecule has 2 heterocycles. The van der Waals surface area contributed by atoms with Crippen LogP contribution >= 0.6 is 0 Å². The number of hydrogen-bond donors (Lipinski definition) is 2. The van der Waals surface area contributed by atoms with Crippen LogP contribution in [0.2, 0.25) is 0 Å². The average Bonchev–Trinajstić information content (AvgIpc) is 2.54. The second-order valence-electron chi connectivity index (χ2n) is 7.32.